The number of aromatic nitrogens is 2. The van der Waals surface area contributed by atoms with E-state index in [2.05, 4.69) is 35.2 Å². The molecule has 0 aliphatic heterocycles. The molecule has 1 fully saturated rings. The summed E-state index contributed by atoms with van der Waals surface area (Å²) < 4.78 is 2.26. The molecule has 2 rings (SSSR count). The molecule has 1 atom stereocenters. The van der Waals surface area contributed by atoms with Gasteiger partial charge >= 0.3 is 0 Å². The Hall–Kier alpha value is -0.870. The second-order valence-corrected chi connectivity index (χ2v) is 6.00. The molecule has 1 aliphatic carbocycles. The molecule has 0 aromatic carbocycles. The summed E-state index contributed by atoms with van der Waals surface area (Å²) >= 11 is 0. The molecule has 1 aliphatic rings. The Morgan fingerprint density at radius 2 is 2.21 bits per heavy atom. The Bertz CT molecular complexity index is 381. The monoisotopic (exact) mass is 264 g/mol. The number of imidazole rings is 1. The van der Waals surface area contributed by atoms with Crippen molar-refractivity contribution in [2.45, 2.75) is 58.7 Å². The average Bonchev–Trinajstić information content (AvgIpc) is 3.09. The Balaban J connectivity index is 2.17. The van der Waals surface area contributed by atoms with Crippen molar-refractivity contribution in [3.63, 3.8) is 0 Å². The average molecular weight is 264 g/mol. The lowest BCUT2D eigenvalue weighted by Gasteiger charge is -2.34. The van der Waals surface area contributed by atoms with Gasteiger partial charge < -0.3 is 10.3 Å². The molecule has 108 valence electrons. The van der Waals surface area contributed by atoms with Crippen LogP contribution in [0.4, 0.5) is 0 Å². The van der Waals surface area contributed by atoms with Gasteiger partial charge in [-0.3, -0.25) is 4.90 Å². The van der Waals surface area contributed by atoms with Crippen molar-refractivity contribution in [2.24, 2.45) is 11.7 Å². The van der Waals surface area contributed by atoms with Gasteiger partial charge in [-0.1, -0.05) is 6.92 Å². The van der Waals surface area contributed by atoms with Gasteiger partial charge in [-0.2, -0.15) is 0 Å². The number of nitrogens with zero attached hydrogens (tertiary/aromatic N) is 3. The Morgan fingerprint density at radius 3 is 2.74 bits per heavy atom. The van der Waals surface area contributed by atoms with Crippen molar-refractivity contribution in [1.29, 1.82) is 0 Å². The van der Waals surface area contributed by atoms with Crippen LogP contribution in [0.2, 0.25) is 0 Å². The van der Waals surface area contributed by atoms with Crippen LogP contribution < -0.4 is 5.73 Å². The van der Waals surface area contributed by atoms with E-state index in [0.29, 0.717) is 18.6 Å². The highest BCUT2D eigenvalue weighted by atomic mass is 15.2. The van der Waals surface area contributed by atoms with Crippen molar-refractivity contribution in [3.05, 3.63) is 18.2 Å². The van der Waals surface area contributed by atoms with E-state index in [1.54, 1.807) is 0 Å². The predicted octanol–water partition coefficient (Wildman–Crippen LogP) is 2.41. The van der Waals surface area contributed by atoms with Crippen LogP contribution in [-0.4, -0.2) is 33.6 Å². The topological polar surface area (TPSA) is 47.1 Å². The van der Waals surface area contributed by atoms with Crippen molar-refractivity contribution < 1.29 is 0 Å². The predicted molar refractivity (Wildman–Crippen MR) is 78.9 cm³/mol. The van der Waals surface area contributed by atoms with Gasteiger partial charge in [0.25, 0.3) is 0 Å². The third kappa shape index (κ3) is 3.57. The SMILES string of the molecule is CCCn1cncc1C(CN)N(CC1CC1)C(C)C. The van der Waals surface area contributed by atoms with E-state index in [1.807, 2.05) is 12.5 Å². The molecule has 2 N–H and O–H groups in total. The van der Waals surface area contributed by atoms with Gasteiger partial charge in [-0.05, 0) is 39.0 Å². The molecule has 4 heteroatoms. The fourth-order valence-electron chi connectivity index (χ4n) is 2.76. The van der Waals surface area contributed by atoms with Gasteiger partial charge in [0.05, 0.1) is 18.1 Å². The van der Waals surface area contributed by atoms with Crippen LogP contribution in [0.1, 0.15) is 51.8 Å². The van der Waals surface area contributed by atoms with Crippen LogP contribution in [0, 0.1) is 5.92 Å². The van der Waals surface area contributed by atoms with Gasteiger partial charge in [0.15, 0.2) is 0 Å². The van der Waals surface area contributed by atoms with Crippen LogP contribution in [-0.2, 0) is 6.54 Å². The highest BCUT2D eigenvalue weighted by molar-refractivity contribution is 5.07. The molecule has 0 spiro atoms. The lowest BCUT2D eigenvalue weighted by atomic mass is 10.1. The van der Waals surface area contributed by atoms with Crippen LogP contribution >= 0.6 is 0 Å². The van der Waals surface area contributed by atoms with Crippen LogP contribution in [0.15, 0.2) is 12.5 Å². The van der Waals surface area contributed by atoms with Crippen molar-refractivity contribution in [2.75, 3.05) is 13.1 Å². The molecular weight excluding hydrogens is 236 g/mol. The van der Waals surface area contributed by atoms with Gasteiger partial charge in [0, 0.05) is 31.9 Å². The Labute approximate surface area is 117 Å². The zero-order valence-electron chi connectivity index (χ0n) is 12.5. The third-order valence-corrected chi connectivity index (χ3v) is 4.00. The molecule has 1 aromatic rings. The molecule has 1 saturated carbocycles. The molecular formula is C15H28N4. The van der Waals surface area contributed by atoms with Gasteiger partial charge in [0.2, 0.25) is 0 Å². The highest BCUT2D eigenvalue weighted by Crippen LogP contribution is 2.33. The minimum absolute atomic E-state index is 0.301. The number of hydrogen-bond acceptors (Lipinski definition) is 3. The van der Waals surface area contributed by atoms with Crippen LogP contribution in [0.5, 0.6) is 0 Å². The largest absolute Gasteiger partial charge is 0.333 e. The maximum absolute atomic E-state index is 6.08. The fraction of sp³-hybridized carbons (Fsp3) is 0.800. The molecule has 1 unspecified atom stereocenters. The lowest BCUT2D eigenvalue weighted by molar-refractivity contribution is 0.144. The van der Waals surface area contributed by atoms with Crippen molar-refractivity contribution in [1.82, 2.24) is 14.5 Å². The highest BCUT2D eigenvalue weighted by Gasteiger charge is 2.31. The second kappa shape index (κ2) is 6.53. The number of rotatable bonds is 8. The zero-order valence-corrected chi connectivity index (χ0v) is 12.5. The van der Waals surface area contributed by atoms with Crippen molar-refractivity contribution >= 4 is 0 Å². The minimum atomic E-state index is 0.301. The first-order valence-corrected chi connectivity index (χ1v) is 7.63. The number of hydrogen-bond donors (Lipinski definition) is 1. The maximum Gasteiger partial charge on any atom is 0.0948 e. The molecule has 0 saturated heterocycles. The van der Waals surface area contributed by atoms with E-state index in [-0.39, 0.29) is 0 Å². The molecule has 0 amide bonds. The van der Waals surface area contributed by atoms with Crippen LogP contribution in [0.25, 0.3) is 0 Å². The van der Waals surface area contributed by atoms with E-state index >= 15 is 0 Å². The summed E-state index contributed by atoms with van der Waals surface area (Å²) in [5.41, 5.74) is 7.36. The van der Waals surface area contributed by atoms with E-state index in [4.69, 9.17) is 5.73 Å². The Kier molecular flexibility index (Phi) is 4.99. The van der Waals surface area contributed by atoms with E-state index in [0.717, 1.165) is 18.9 Å². The first kappa shape index (κ1) is 14.5. The first-order chi connectivity index (χ1) is 9.17. The first-order valence-electron chi connectivity index (χ1n) is 7.63. The summed E-state index contributed by atoms with van der Waals surface area (Å²) in [4.78, 5) is 6.88. The van der Waals surface area contributed by atoms with Crippen LogP contribution in [0.3, 0.4) is 0 Å². The van der Waals surface area contributed by atoms with E-state index in [9.17, 15) is 0 Å². The standard InChI is InChI=1S/C15H28N4/c1-4-7-18-11-17-9-15(18)14(8-16)19(12(2)3)10-13-5-6-13/h9,11-14H,4-8,10,16H2,1-3H3. The minimum Gasteiger partial charge on any atom is -0.333 e. The van der Waals surface area contributed by atoms with Crippen molar-refractivity contribution in [3.8, 4) is 0 Å². The zero-order chi connectivity index (χ0) is 13.8. The van der Waals surface area contributed by atoms with Gasteiger partial charge in [0.1, 0.15) is 0 Å². The smallest absolute Gasteiger partial charge is 0.0948 e. The quantitative estimate of drug-likeness (QED) is 0.784. The maximum atomic E-state index is 6.08. The van der Waals surface area contributed by atoms with E-state index < -0.39 is 0 Å². The summed E-state index contributed by atoms with van der Waals surface area (Å²) in [5.74, 6) is 0.888. The number of nitrogens with two attached hydrogens (primary N) is 1. The molecule has 0 bridgehead atoms. The molecule has 1 aromatic heterocycles. The summed E-state index contributed by atoms with van der Waals surface area (Å²) in [6.07, 6.45) is 7.83. The fourth-order valence-corrected chi connectivity index (χ4v) is 2.76. The lowest BCUT2D eigenvalue weighted by Crippen LogP contribution is -2.41. The van der Waals surface area contributed by atoms with E-state index in [1.165, 1.54) is 25.1 Å². The summed E-state index contributed by atoms with van der Waals surface area (Å²) in [5, 5.41) is 0. The second-order valence-electron chi connectivity index (χ2n) is 6.00. The molecule has 19 heavy (non-hydrogen) atoms. The Morgan fingerprint density at radius 1 is 1.47 bits per heavy atom. The normalized spacial score (nSPS) is 17.4. The summed E-state index contributed by atoms with van der Waals surface area (Å²) in [7, 11) is 0. The summed E-state index contributed by atoms with van der Waals surface area (Å²) in [6.45, 7) is 9.61. The molecule has 0 radical (unpaired) electrons. The number of aryl methyl sites for hydroxylation is 1. The van der Waals surface area contributed by atoms with Gasteiger partial charge in [-0.25, -0.2) is 4.98 Å². The van der Waals surface area contributed by atoms with Gasteiger partial charge in [-0.15, -0.1) is 0 Å². The summed E-state index contributed by atoms with van der Waals surface area (Å²) in [6, 6.07) is 0.828. The molecule has 1 heterocycles. The molecule has 4 nitrogen and oxygen atoms in total. The third-order valence-electron chi connectivity index (χ3n) is 4.00.